The number of halogens is 1. The van der Waals surface area contributed by atoms with Gasteiger partial charge in [-0.05, 0) is 42.5 Å². The molecule has 0 saturated heterocycles. The first-order valence-corrected chi connectivity index (χ1v) is 9.88. The summed E-state index contributed by atoms with van der Waals surface area (Å²) in [6, 6.07) is 2.94. The van der Waals surface area contributed by atoms with Crippen LogP contribution in [0.15, 0.2) is 12.1 Å². The molecule has 1 saturated carbocycles. The summed E-state index contributed by atoms with van der Waals surface area (Å²) in [5, 5.41) is 16.4. The number of nitrogens with zero attached hydrogens (tertiary/aromatic N) is 3. The van der Waals surface area contributed by atoms with Gasteiger partial charge >= 0.3 is 0 Å². The zero-order chi connectivity index (χ0) is 19.7. The molecule has 2 N–H and O–H groups in total. The predicted molar refractivity (Wildman–Crippen MR) is 103 cm³/mol. The van der Waals surface area contributed by atoms with Crippen LogP contribution in [-0.2, 0) is 0 Å². The molecule has 1 aliphatic rings. The lowest BCUT2D eigenvalue weighted by Gasteiger charge is -2.27. The minimum absolute atomic E-state index is 0.00863. The summed E-state index contributed by atoms with van der Waals surface area (Å²) in [5.74, 6) is 0.256. The van der Waals surface area contributed by atoms with Crippen molar-refractivity contribution in [3.05, 3.63) is 22.8 Å². The van der Waals surface area contributed by atoms with Crippen molar-refractivity contribution in [2.24, 2.45) is 5.92 Å². The highest BCUT2D eigenvalue weighted by atomic mass is 32.1. The summed E-state index contributed by atoms with van der Waals surface area (Å²) in [5.41, 5.74) is 0. The normalized spacial score (nSPS) is 19.5. The van der Waals surface area contributed by atoms with Crippen LogP contribution in [-0.4, -0.2) is 39.7 Å². The molecule has 2 atom stereocenters. The first-order chi connectivity index (χ1) is 13.5. The molecule has 1 aromatic carbocycles. The van der Waals surface area contributed by atoms with E-state index in [0.29, 0.717) is 26.6 Å². The summed E-state index contributed by atoms with van der Waals surface area (Å²) in [6.07, 6.45) is 4.10. The van der Waals surface area contributed by atoms with Crippen molar-refractivity contribution < 1.29 is 18.7 Å². The quantitative estimate of drug-likeness (QED) is 0.670. The first kappa shape index (κ1) is 18.6. The van der Waals surface area contributed by atoms with Crippen LogP contribution in [0.3, 0.4) is 0 Å². The fraction of sp³-hybridized carbons (Fsp3) is 0.444. The monoisotopic (exact) mass is 405 g/mol. The summed E-state index contributed by atoms with van der Waals surface area (Å²) >= 11 is 1.16. The third-order valence-electron chi connectivity index (χ3n) is 4.87. The molecule has 28 heavy (non-hydrogen) atoms. The topological polar surface area (TPSA) is 102 Å². The van der Waals surface area contributed by atoms with Crippen molar-refractivity contribution in [1.82, 2.24) is 20.6 Å². The van der Waals surface area contributed by atoms with Gasteiger partial charge in [0.2, 0.25) is 0 Å². The van der Waals surface area contributed by atoms with Crippen LogP contribution < -0.4 is 14.8 Å². The number of hydrogen-bond acceptors (Lipinski definition) is 7. The van der Waals surface area contributed by atoms with Crippen molar-refractivity contribution in [2.45, 2.75) is 38.7 Å². The van der Waals surface area contributed by atoms with E-state index in [2.05, 4.69) is 32.9 Å². The van der Waals surface area contributed by atoms with Gasteiger partial charge < -0.3 is 9.47 Å². The van der Waals surface area contributed by atoms with Gasteiger partial charge in [-0.15, -0.1) is 16.4 Å². The summed E-state index contributed by atoms with van der Waals surface area (Å²) in [7, 11) is 1.41. The number of amides is 1. The number of tetrazole rings is 1. The lowest BCUT2D eigenvalue weighted by atomic mass is 9.88. The number of carbonyl (C=O) groups excluding carboxylic acids is 1. The van der Waals surface area contributed by atoms with Gasteiger partial charge in [-0.3, -0.25) is 10.1 Å². The molecule has 0 aliphatic heterocycles. The van der Waals surface area contributed by atoms with E-state index in [1.165, 1.54) is 19.6 Å². The van der Waals surface area contributed by atoms with Crippen molar-refractivity contribution in [3.63, 3.8) is 0 Å². The van der Waals surface area contributed by atoms with Crippen LogP contribution in [0.4, 0.5) is 10.3 Å². The smallest absolute Gasteiger partial charge is 0.272 e. The van der Waals surface area contributed by atoms with E-state index in [-0.39, 0.29) is 17.8 Å². The lowest BCUT2D eigenvalue weighted by Crippen LogP contribution is -2.25. The highest BCUT2D eigenvalue weighted by Crippen LogP contribution is 2.42. The molecule has 4 rings (SSSR count). The number of H-pyrrole nitrogens is 1. The minimum atomic E-state index is -0.487. The summed E-state index contributed by atoms with van der Waals surface area (Å²) in [4.78, 5) is 13.2. The Morgan fingerprint density at radius 1 is 1.39 bits per heavy atom. The molecular formula is C18H20FN5O3S. The number of ether oxygens (including phenoxy) is 2. The van der Waals surface area contributed by atoms with E-state index >= 15 is 0 Å². The lowest BCUT2D eigenvalue weighted by molar-refractivity contribution is 0.101. The maximum atomic E-state index is 14.2. The van der Waals surface area contributed by atoms with Gasteiger partial charge in [-0.25, -0.2) is 4.39 Å². The Hall–Kier alpha value is -2.75. The number of aromatic amines is 1. The Morgan fingerprint density at radius 2 is 2.25 bits per heavy atom. The van der Waals surface area contributed by atoms with E-state index in [1.807, 2.05) is 0 Å². The standard InChI is InChI=1S/C18H20FN5O3S/c1-9-4-3-5-10(6-9)27-15-11-7-13(26-2)12(19)8-14(11)28-16(15)17(25)20-18-21-23-24-22-18/h7-10H,3-6H2,1-2H3,(H2,20,21,22,23,24,25)/t9-,10-/m1/s1. The fourth-order valence-electron chi connectivity index (χ4n) is 3.52. The predicted octanol–water partition coefficient (Wildman–Crippen LogP) is 3.77. The van der Waals surface area contributed by atoms with Crippen LogP contribution in [0.25, 0.3) is 10.1 Å². The number of fused-ring (bicyclic) bond motifs is 1. The Kier molecular flexibility index (Phi) is 5.12. The molecule has 148 valence electrons. The Balaban J connectivity index is 1.74. The van der Waals surface area contributed by atoms with Crippen molar-refractivity contribution in [3.8, 4) is 11.5 Å². The average molecular weight is 405 g/mol. The number of methoxy groups -OCH3 is 1. The molecule has 0 unspecified atom stereocenters. The van der Waals surface area contributed by atoms with Gasteiger partial charge in [0.15, 0.2) is 17.3 Å². The SMILES string of the molecule is COc1cc2c(O[C@@H]3CCC[C@@H](C)C3)c(C(=O)Nc3nn[nH]n3)sc2cc1F. The van der Waals surface area contributed by atoms with Crippen LogP contribution in [0.5, 0.6) is 11.5 Å². The van der Waals surface area contributed by atoms with Crippen molar-refractivity contribution >= 4 is 33.3 Å². The number of carbonyl (C=O) groups is 1. The van der Waals surface area contributed by atoms with Gasteiger partial charge in [-0.2, -0.15) is 5.21 Å². The van der Waals surface area contributed by atoms with Gasteiger partial charge in [0.25, 0.3) is 11.9 Å². The van der Waals surface area contributed by atoms with Gasteiger partial charge in [0.05, 0.1) is 13.2 Å². The molecule has 0 spiro atoms. The maximum absolute atomic E-state index is 14.2. The zero-order valence-corrected chi connectivity index (χ0v) is 16.3. The molecule has 1 fully saturated rings. The number of benzene rings is 1. The highest BCUT2D eigenvalue weighted by molar-refractivity contribution is 7.21. The van der Waals surface area contributed by atoms with E-state index in [9.17, 15) is 9.18 Å². The van der Waals surface area contributed by atoms with Gasteiger partial charge in [0, 0.05) is 10.1 Å². The Labute approximate surface area is 164 Å². The zero-order valence-electron chi connectivity index (χ0n) is 15.5. The molecule has 0 radical (unpaired) electrons. The fourth-order valence-corrected chi connectivity index (χ4v) is 4.56. The minimum Gasteiger partial charge on any atom is -0.494 e. The molecule has 1 aliphatic carbocycles. The number of anilines is 1. The van der Waals surface area contributed by atoms with Crippen molar-refractivity contribution in [1.29, 1.82) is 0 Å². The Morgan fingerprint density at radius 3 is 2.96 bits per heavy atom. The summed E-state index contributed by atoms with van der Waals surface area (Å²) < 4.78 is 26.2. The van der Waals surface area contributed by atoms with Crippen LogP contribution >= 0.6 is 11.3 Å². The number of hydrogen-bond donors (Lipinski definition) is 2. The second-order valence-electron chi connectivity index (χ2n) is 6.94. The molecule has 2 aromatic heterocycles. The third kappa shape index (κ3) is 3.64. The average Bonchev–Trinajstić information content (AvgIpc) is 3.29. The van der Waals surface area contributed by atoms with E-state index in [1.54, 1.807) is 6.07 Å². The summed E-state index contributed by atoms with van der Waals surface area (Å²) in [6.45, 7) is 2.20. The first-order valence-electron chi connectivity index (χ1n) is 9.06. The Bertz CT molecular complexity index is 991. The molecule has 8 nitrogen and oxygen atoms in total. The number of thiophene rings is 1. The van der Waals surface area contributed by atoms with Crippen molar-refractivity contribution in [2.75, 3.05) is 12.4 Å². The second kappa shape index (κ2) is 7.70. The number of rotatable bonds is 5. The largest absolute Gasteiger partial charge is 0.494 e. The maximum Gasteiger partial charge on any atom is 0.272 e. The molecule has 3 aromatic rings. The molecule has 10 heteroatoms. The molecule has 0 bridgehead atoms. The number of aromatic nitrogens is 4. The molecule has 1 amide bonds. The van der Waals surface area contributed by atoms with Crippen LogP contribution in [0.1, 0.15) is 42.3 Å². The van der Waals surface area contributed by atoms with Gasteiger partial charge in [-0.1, -0.05) is 18.4 Å². The van der Waals surface area contributed by atoms with E-state index in [0.717, 1.165) is 30.6 Å². The van der Waals surface area contributed by atoms with E-state index in [4.69, 9.17) is 9.47 Å². The van der Waals surface area contributed by atoms with Crippen LogP contribution in [0, 0.1) is 11.7 Å². The highest BCUT2D eigenvalue weighted by Gasteiger charge is 2.27. The molecule has 2 heterocycles. The third-order valence-corrected chi connectivity index (χ3v) is 6.00. The van der Waals surface area contributed by atoms with E-state index < -0.39 is 11.7 Å². The molecular weight excluding hydrogens is 385 g/mol. The number of nitrogens with one attached hydrogen (secondary N) is 2. The second-order valence-corrected chi connectivity index (χ2v) is 8.00. The van der Waals surface area contributed by atoms with Gasteiger partial charge in [0.1, 0.15) is 4.88 Å². The van der Waals surface area contributed by atoms with Crippen LogP contribution in [0.2, 0.25) is 0 Å².